The molecule has 21 heavy (non-hydrogen) atoms. The summed E-state index contributed by atoms with van der Waals surface area (Å²) in [4.78, 5) is 23.7. The Balaban J connectivity index is 2.10. The van der Waals surface area contributed by atoms with Crippen molar-refractivity contribution in [1.29, 1.82) is 0 Å². The maximum Gasteiger partial charge on any atom is 0.330 e. The lowest BCUT2D eigenvalue weighted by Crippen LogP contribution is -2.38. The molecule has 0 saturated carbocycles. The highest BCUT2D eigenvalue weighted by atomic mass is 35.5. The van der Waals surface area contributed by atoms with Crippen LogP contribution in [0.15, 0.2) is 29.4 Å². The predicted octanol–water partition coefficient (Wildman–Crippen LogP) is 2.42. The molecule has 0 saturated heterocycles. The zero-order valence-electron chi connectivity index (χ0n) is 12.0. The third-order valence-electron chi connectivity index (χ3n) is 3.21. The highest BCUT2D eigenvalue weighted by Gasteiger charge is 2.32. The Bertz CT molecular complexity index is 586. The van der Waals surface area contributed by atoms with E-state index in [0.717, 1.165) is 5.56 Å². The van der Waals surface area contributed by atoms with E-state index in [1.54, 1.807) is 19.9 Å². The second kappa shape index (κ2) is 6.72. The SMILES string of the molecule is CCOC(=O)C(C)N1N=C(Cc2ccccc2Cl)CC1=O. The number of rotatable bonds is 5. The minimum absolute atomic E-state index is 0.197. The molecule has 1 aliphatic heterocycles. The van der Waals surface area contributed by atoms with Crippen LogP contribution < -0.4 is 0 Å². The van der Waals surface area contributed by atoms with Gasteiger partial charge in [-0.05, 0) is 25.5 Å². The standard InChI is InChI=1S/C15H17ClN2O3/c1-3-21-15(20)10(2)18-14(19)9-12(17-18)8-11-6-4-5-7-13(11)16/h4-7,10H,3,8-9H2,1-2H3. The molecule has 1 atom stereocenters. The van der Waals surface area contributed by atoms with Gasteiger partial charge in [0.25, 0.3) is 0 Å². The van der Waals surface area contributed by atoms with Crippen LogP contribution in [0.4, 0.5) is 0 Å². The number of nitrogens with zero attached hydrogens (tertiary/aromatic N) is 2. The summed E-state index contributed by atoms with van der Waals surface area (Å²) < 4.78 is 4.91. The van der Waals surface area contributed by atoms with Gasteiger partial charge in [-0.2, -0.15) is 5.10 Å². The smallest absolute Gasteiger partial charge is 0.330 e. The van der Waals surface area contributed by atoms with Crippen molar-refractivity contribution in [3.05, 3.63) is 34.9 Å². The average molecular weight is 309 g/mol. The van der Waals surface area contributed by atoms with Gasteiger partial charge in [-0.3, -0.25) is 4.79 Å². The highest BCUT2D eigenvalue weighted by molar-refractivity contribution is 6.31. The Morgan fingerprint density at radius 2 is 2.19 bits per heavy atom. The Morgan fingerprint density at radius 1 is 1.48 bits per heavy atom. The number of esters is 1. The summed E-state index contributed by atoms with van der Waals surface area (Å²) >= 11 is 6.10. The van der Waals surface area contributed by atoms with Crippen molar-refractivity contribution >= 4 is 29.2 Å². The number of ether oxygens (including phenoxy) is 1. The van der Waals surface area contributed by atoms with Gasteiger partial charge in [0, 0.05) is 11.4 Å². The highest BCUT2D eigenvalue weighted by Crippen LogP contribution is 2.20. The second-order valence-corrected chi connectivity index (χ2v) is 5.18. The molecule has 0 bridgehead atoms. The van der Waals surface area contributed by atoms with E-state index in [1.165, 1.54) is 5.01 Å². The van der Waals surface area contributed by atoms with Crippen LogP contribution >= 0.6 is 11.6 Å². The molecule has 1 heterocycles. The molecule has 0 spiro atoms. The van der Waals surface area contributed by atoms with Gasteiger partial charge in [0.2, 0.25) is 5.91 Å². The molecule has 1 aliphatic rings. The fourth-order valence-corrected chi connectivity index (χ4v) is 2.33. The molecule has 112 valence electrons. The topological polar surface area (TPSA) is 59.0 Å². The number of hydrogen-bond donors (Lipinski definition) is 0. The number of benzene rings is 1. The zero-order chi connectivity index (χ0) is 15.4. The first-order valence-corrected chi connectivity index (χ1v) is 7.19. The lowest BCUT2D eigenvalue weighted by molar-refractivity contribution is -0.153. The minimum atomic E-state index is -0.707. The molecule has 0 aromatic heterocycles. The van der Waals surface area contributed by atoms with E-state index in [0.29, 0.717) is 17.2 Å². The molecular formula is C15H17ClN2O3. The van der Waals surface area contributed by atoms with Crippen LogP contribution in [-0.4, -0.2) is 35.2 Å². The number of halogens is 1. The Hall–Kier alpha value is -1.88. The maximum atomic E-state index is 12.0. The number of carbonyl (C=O) groups excluding carboxylic acids is 2. The summed E-state index contributed by atoms with van der Waals surface area (Å²) in [6.07, 6.45) is 0.701. The fourth-order valence-electron chi connectivity index (χ4n) is 2.12. The average Bonchev–Trinajstić information content (AvgIpc) is 2.81. The van der Waals surface area contributed by atoms with E-state index in [1.807, 2.05) is 18.2 Å². The summed E-state index contributed by atoms with van der Waals surface area (Å²) in [6.45, 7) is 3.61. The minimum Gasteiger partial charge on any atom is -0.464 e. The molecule has 1 aromatic rings. The molecule has 0 aliphatic carbocycles. The van der Waals surface area contributed by atoms with Crippen LogP contribution in [-0.2, 0) is 20.7 Å². The van der Waals surface area contributed by atoms with Crippen LogP contribution in [0, 0.1) is 0 Å². The van der Waals surface area contributed by atoms with E-state index in [9.17, 15) is 9.59 Å². The monoisotopic (exact) mass is 308 g/mol. The predicted molar refractivity (Wildman–Crippen MR) is 80.1 cm³/mol. The van der Waals surface area contributed by atoms with Gasteiger partial charge in [-0.15, -0.1) is 0 Å². The first-order valence-electron chi connectivity index (χ1n) is 6.81. The first kappa shape index (κ1) is 15.5. The lowest BCUT2D eigenvalue weighted by atomic mass is 10.1. The molecule has 6 heteroatoms. The maximum absolute atomic E-state index is 12.0. The molecule has 0 fully saturated rings. The molecule has 5 nitrogen and oxygen atoms in total. The van der Waals surface area contributed by atoms with Crippen molar-refractivity contribution in [1.82, 2.24) is 5.01 Å². The van der Waals surface area contributed by atoms with Crippen LogP contribution in [0.3, 0.4) is 0 Å². The Morgan fingerprint density at radius 3 is 2.86 bits per heavy atom. The van der Waals surface area contributed by atoms with Gasteiger partial charge < -0.3 is 4.74 Å². The summed E-state index contributed by atoms with van der Waals surface area (Å²) in [5.41, 5.74) is 1.61. The van der Waals surface area contributed by atoms with Crippen LogP contribution in [0.1, 0.15) is 25.8 Å². The van der Waals surface area contributed by atoms with Gasteiger partial charge in [-0.1, -0.05) is 29.8 Å². The number of hydrazone groups is 1. The van der Waals surface area contributed by atoms with Crippen LogP contribution in [0.25, 0.3) is 0 Å². The van der Waals surface area contributed by atoms with Gasteiger partial charge in [0.05, 0.1) is 18.7 Å². The lowest BCUT2D eigenvalue weighted by Gasteiger charge is -2.18. The third kappa shape index (κ3) is 3.61. The van der Waals surface area contributed by atoms with E-state index in [2.05, 4.69) is 5.10 Å². The number of carbonyl (C=O) groups is 2. The van der Waals surface area contributed by atoms with Crippen molar-refractivity contribution in [2.75, 3.05) is 6.61 Å². The third-order valence-corrected chi connectivity index (χ3v) is 3.58. The van der Waals surface area contributed by atoms with Crippen molar-refractivity contribution < 1.29 is 14.3 Å². The molecule has 1 unspecified atom stereocenters. The number of amides is 1. The Kier molecular flexibility index (Phi) is 4.96. The second-order valence-electron chi connectivity index (χ2n) is 4.78. The summed E-state index contributed by atoms with van der Waals surface area (Å²) in [5, 5.41) is 6.09. The van der Waals surface area contributed by atoms with Crippen molar-refractivity contribution in [2.24, 2.45) is 5.10 Å². The molecular weight excluding hydrogens is 292 g/mol. The van der Waals surface area contributed by atoms with E-state index < -0.39 is 12.0 Å². The van der Waals surface area contributed by atoms with Gasteiger partial charge in [0.1, 0.15) is 6.04 Å². The van der Waals surface area contributed by atoms with Gasteiger partial charge in [0.15, 0.2) is 0 Å². The molecule has 1 amide bonds. The molecule has 0 radical (unpaired) electrons. The first-order chi connectivity index (χ1) is 10.0. The van der Waals surface area contributed by atoms with Crippen molar-refractivity contribution in [3.8, 4) is 0 Å². The van der Waals surface area contributed by atoms with Crippen molar-refractivity contribution in [2.45, 2.75) is 32.7 Å². The normalized spacial score (nSPS) is 15.9. The summed E-state index contributed by atoms with van der Waals surface area (Å²) in [7, 11) is 0. The molecule has 0 N–H and O–H groups in total. The van der Waals surface area contributed by atoms with E-state index in [4.69, 9.17) is 16.3 Å². The zero-order valence-corrected chi connectivity index (χ0v) is 12.8. The van der Waals surface area contributed by atoms with Crippen molar-refractivity contribution in [3.63, 3.8) is 0 Å². The van der Waals surface area contributed by atoms with Gasteiger partial charge in [-0.25, -0.2) is 9.80 Å². The largest absolute Gasteiger partial charge is 0.464 e. The van der Waals surface area contributed by atoms with Gasteiger partial charge >= 0.3 is 5.97 Å². The van der Waals surface area contributed by atoms with E-state index in [-0.39, 0.29) is 18.9 Å². The summed E-state index contributed by atoms with van der Waals surface area (Å²) in [6, 6.07) is 6.72. The summed E-state index contributed by atoms with van der Waals surface area (Å²) in [5.74, 6) is -0.647. The fraction of sp³-hybridized carbons (Fsp3) is 0.400. The van der Waals surface area contributed by atoms with Crippen LogP contribution in [0.2, 0.25) is 5.02 Å². The Labute approximate surface area is 128 Å². The van der Waals surface area contributed by atoms with Crippen LogP contribution in [0.5, 0.6) is 0 Å². The molecule has 1 aromatic carbocycles. The van der Waals surface area contributed by atoms with E-state index >= 15 is 0 Å². The quantitative estimate of drug-likeness (QED) is 0.785. The molecule has 2 rings (SSSR count). The number of hydrogen-bond acceptors (Lipinski definition) is 4.